The van der Waals surface area contributed by atoms with E-state index in [0.29, 0.717) is 6.54 Å². The first-order valence-corrected chi connectivity index (χ1v) is 19.6. The molecule has 0 aliphatic carbocycles. The van der Waals surface area contributed by atoms with Gasteiger partial charge in [-0.05, 0) is 89.5 Å². The number of nitrogens with two attached hydrogens (primary N) is 2. The van der Waals surface area contributed by atoms with Crippen molar-refractivity contribution in [3.05, 3.63) is 48.6 Å². The van der Waals surface area contributed by atoms with E-state index in [9.17, 15) is 0 Å². The van der Waals surface area contributed by atoms with Crippen molar-refractivity contribution in [2.24, 2.45) is 22.4 Å². The van der Waals surface area contributed by atoms with E-state index >= 15 is 0 Å². The van der Waals surface area contributed by atoms with Gasteiger partial charge in [-0.1, -0.05) is 152 Å². The van der Waals surface area contributed by atoms with Crippen LogP contribution in [0.5, 0.6) is 0 Å². The van der Waals surface area contributed by atoms with E-state index in [2.05, 4.69) is 72.8 Å². The Morgan fingerprint density at radius 3 is 1.29 bits per heavy atom. The van der Waals surface area contributed by atoms with Crippen LogP contribution in [0.15, 0.2) is 53.6 Å². The van der Waals surface area contributed by atoms with Crippen molar-refractivity contribution >= 4 is 5.96 Å². The molecule has 0 aromatic heterocycles. The second kappa shape index (κ2) is 38.4. The highest BCUT2D eigenvalue weighted by molar-refractivity contribution is 5.75. The Hall–Kier alpha value is -1.81. The van der Waals surface area contributed by atoms with Gasteiger partial charge >= 0.3 is 0 Å². The van der Waals surface area contributed by atoms with Crippen LogP contribution in [0.25, 0.3) is 0 Å². The van der Waals surface area contributed by atoms with Crippen molar-refractivity contribution in [2.45, 2.75) is 181 Å². The predicted molar refractivity (Wildman–Crippen MR) is 205 cm³/mol. The third-order valence-corrected chi connectivity index (χ3v) is 8.64. The molecule has 45 heavy (non-hydrogen) atoms. The standard InChI is InChI=1S/C41H78N4/c1-3-5-7-9-11-13-15-17-19-21-23-25-27-29-31-33-35-40(39-44-37-38-45-41(42)43)36-34-32-30-28-26-24-22-20-18-16-14-12-10-8-6-4-2/h11-14,17-20,40,44H,3-10,15-16,21-39H2,1-2H3,(H4,42,43,45)/b13-11-,14-12-,19-17-,20-18-. The molecule has 0 saturated heterocycles. The molecule has 0 saturated carbocycles. The average Bonchev–Trinajstić information content (AvgIpc) is 3.03. The smallest absolute Gasteiger partial charge is 0.185 e. The van der Waals surface area contributed by atoms with Crippen molar-refractivity contribution in [3.63, 3.8) is 0 Å². The zero-order valence-corrected chi connectivity index (χ0v) is 30.3. The van der Waals surface area contributed by atoms with Gasteiger partial charge < -0.3 is 16.8 Å². The highest BCUT2D eigenvalue weighted by atomic mass is 15.0. The van der Waals surface area contributed by atoms with Gasteiger partial charge in [-0.2, -0.15) is 0 Å². The average molecular weight is 627 g/mol. The van der Waals surface area contributed by atoms with E-state index < -0.39 is 0 Å². The molecule has 0 heterocycles. The van der Waals surface area contributed by atoms with Gasteiger partial charge in [0.25, 0.3) is 0 Å². The summed E-state index contributed by atoms with van der Waals surface area (Å²) in [6.07, 6.45) is 53.2. The molecule has 0 amide bonds. The fourth-order valence-corrected chi connectivity index (χ4v) is 5.76. The molecule has 262 valence electrons. The first-order chi connectivity index (χ1) is 22.2. The molecule has 0 rings (SSSR count). The van der Waals surface area contributed by atoms with Crippen LogP contribution in [0.3, 0.4) is 0 Å². The predicted octanol–water partition coefficient (Wildman–Crippen LogP) is 11.9. The van der Waals surface area contributed by atoms with Gasteiger partial charge in [0.1, 0.15) is 0 Å². The molecule has 0 radical (unpaired) electrons. The van der Waals surface area contributed by atoms with E-state index in [0.717, 1.165) is 31.8 Å². The number of aliphatic imine (C=N–C) groups is 1. The first kappa shape index (κ1) is 43.2. The minimum Gasteiger partial charge on any atom is -0.370 e. The third-order valence-electron chi connectivity index (χ3n) is 8.64. The molecule has 0 aliphatic heterocycles. The normalized spacial score (nSPS) is 12.2. The van der Waals surface area contributed by atoms with E-state index in [1.165, 1.54) is 154 Å². The number of nitrogens with one attached hydrogen (secondary N) is 1. The lowest BCUT2D eigenvalue weighted by Crippen LogP contribution is -2.28. The number of hydrogen-bond acceptors (Lipinski definition) is 2. The number of allylic oxidation sites excluding steroid dienone is 8. The Labute approximate surface area is 282 Å². The third kappa shape index (κ3) is 38.3. The summed E-state index contributed by atoms with van der Waals surface area (Å²) in [5, 5.41) is 3.61. The fourth-order valence-electron chi connectivity index (χ4n) is 5.76. The largest absolute Gasteiger partial charge is 0.370 e. The molecular weight excluding hydrogens is 548 g/mol. The van der Waals surface area contributed by atoms with Crippen LogP contribution in [-0.2, 0) is 0 Å². The Morgan fingerprint density at radius 1 is 0.511 bits per heavy atom. The zero-order chi connectivity index (χ0) is 32.7. The van der Waals surface area contributed by atoms with Crippen LogP contribution in [-0.4, -0.2) is 25.6 Å². The number of unbranched alkanes of at least 4 members (excludes halogenated alkanes) is 18. The fraction of sp³-hybridized carbons (Fsp3) is 0.780. The molecule has 0 aromatic rings. The second-order valence-corrected chi connectivity index (χ2v) is 13.1. The molecule has 0 aliphatic rings. The second-order valence-electron chi connectivity index (χ2n) is 13.1. The summed E-state index contributed by atoms with van der Waals surface area (Å²) < 4.78 is 0. The number of hydrogen-bond donors (Lipinski definition) is 3. The van der Waals surface area contributed by atoms with Gasteiger partial charge in [-0.25, -0.2) is 0 Å². The van der Waals surface area contributed by atoms with Crippen LogP contribution in [0.1, 0.15) is 181 Å². The minimum atomic E-state index is 0.191. The van der Waals surface area contributed by atoms with Crippen LogP contribution in [0, 0.1) is 5.92 Å². The lowest BCUT2D eigenvalue weighted by molar-refractivity contribution is 0.383. The molecule has 0 fully saturated rings. The van der Waals surface area contributed by atoms with E-state index in [1.54, 1.807) is 0 Å². The highest BCUT2D eigenvalue weighted by Gasteiger charge is 2.08. The van der Waals surface area contributed by atoms with Crippen LogP contribution in [0.2, 0.25) is 0 Å². The van der Waals surface area contributed by atoms with E-state index in [-0.39, 0.29) is 5.96 Å². The van der Waals surface area contributed by atoms with Gasteiger partial charge in [0.15, 0.2) is 5.96 Å². The topological polar surface area (TPSA) is 76.4 Å². The van der Waals surface area contributed by atoms with E-state index in [4.69, 9.17) is 11.5 Å². The lowest BCUT2D eigenvalue weighted by atomic mass is 9.94. The van der Waals surface area contributed by atoms with Gasteiger partial charge in [0.05, 0.1) is 6.54 Å². The summed E-state index contributed by atoms with van der Waals surface area (Å²) >= 11 is 0. The minimum absolute atomic E-state index is 0.191. The number of rotatable bonds is 35. The molecular formula is C41H78N4. The summed E-state index contributed by atoms with van der Waals surface area (Å²) in [4.78, 5) is 4.11. The molecule has 0 spiro atoms. The lowest BCUT2D eigenvalue weighted by Gasteiger charge is -2.17. The van der Waals surface area contributed by atoms with Gasteiger partial charge in [-0.3, -0.25) is 4.99 Å². The maximum atomic E-state index is 5.47. The summed E-state index contributed by atoms with van der Waals surface area (Å²) in [5.41, 5.74) is 10.9. The van der Waals surface area contributed by atoms with Crippen molar-refractivity contribution in [1.82, 2.24) is 5.32 Å². The summed E-state index contributed by atoms with van der Waals surface area (Å²) in [5.74, 6) is 0.969. The summed E-state index contributed by atoms with van der Waals surface area (Å²) in [6.45, 7) is 7.17. The monoisotopic (exact) mass is 627 g/mol. The molecule has 4 heteroatoms. The highest BCUT2D eigenvalue weighted by Crippen LogP contribution is 2.19. The van der Waals surface area contributed by atoms with Crippen LogP contribution in [0.4, 0.5) is 0 Å². The Bertz CT molecular complexity index is 669. The molecule has 5 N–H and O–H groups in total. The maximum absolute atomic E-state index is 5.47. The Kier molecular flexibility index (Phi) is 36.8. The Morgan fingerprint density at radius 2 is 0.889 bits per heavy atom. The van der Waals surface area contributed by atoms with Gasteiger partial charge in [-0.15, -0.1) is 0 Å². The van der Waals surface area contributed by atoms with Crippen molar-refractivity contribution in [2.75, 3.05) is 19.6 Å². The summed E-state index contributed by atoms with van der Waals surface area (Å²) in [7, 11) is 0. The van der Waals surface area contributed by atoms with Gasteiger partial charge in [0, 0.05) is 6.54 Å². The molecule has 0 aromatic carbocycles. The first-order valence-electron chi connectivity index (χ1n) is 19.6. The molecule has 4 nitrogen and oxygen atoms in total. The van der Waals surface area contributed by atoms with Crippen LogP contribution >= 0.6 is 0 Å². The zero-order valence-electron chi connectivity index (χ0n) is 30.3. The molecule has 0 atom stereocenters. The number of nitrogens with zero attached hydrogens (tertiary/aromatic N) is 1. The van der Waals surface area contributed by atoms with Gasteiger partial charge in [0.2, 0.25) is 0 Å². The van der Waals surface area contributed by atoms with Crippen molar-refractivity contribution in [3.8, 4) is 0 Å². The quantitative estimate of drug-likeness (QED) is 0.0283. The van der Waals surface area contributed by atoms with E-state index in [1.807, 2.05) is 0 Å². The Balaban J connectivity index is 3.90. The SMILES string of the molecule is CCCCC/C=C\C/C=C\CCCCCCCCC(CCCCCCCC/C=C\C/C=C\CCCCC)CNCCN=C(N)N. The van der Waals surface area contributed by atoms with Crippen molar-refractivity contribution < 1.29 is 0 Å². The van der Waals surface area contributed by atoms with Crippen molar-refractivity contribution in [1.29, 1.82) is 0 Å². The summed E-state index contributed by atoms with van der Waals surface area (Å²) in [6, 6.07) is 0. The molecule has 0 unspecified atom stereocenters. The number of guanidine groups is 1. The molecule has 0 bridgehead atoms. The maximum Gasteiger partial charge on any atom is 0.185 e. The van der Waals surface area contributed by atoms with Crippen LogP contribution < -0.4 is 16.8 Å².